The second-order valence-electron chi connectivity index (χ2n) is 11.2. The van der Waals surface area contributed by atoms with Gasteiger partial charge in [0.1, 0.15) is 22.9 Å². The van der Waals surface area contributed by atoms with Crippen molar-refractivity contribution in [3.63, 3.8) is 0 Å². The van der Waals surface area contributed by atoms with E-state index in [1.165, 1.54) is 0 Å². The summed E-state index contributed by atoms with van der Waals surface area (Å²) in [5.74, 6) is 1.21. The smallest absolute Gasteiger partial charge is 0.269 e. The number of oxime groups is 1. The highest BCUT2D eigenvalue weighted by molar-refractivity contribution is 6.39. The number of H-pyrrole nitrogens is 1. The number of fused-ring (bicyclic) bond motifs is 1. The fraction of sp³-hybridized carbons (Fsp3) is 0.516. The van der Waals surface area contributed by atoms with Gasteiger partial charge in [0.2, 0.25) is 5.88 Å². The van der Waals surface area contributed by atoms with Crippen LogP contribution in [0.5, 0.6) is 5.88 Å². The number of piperidine rings is 1. The highest BCUT2D eigenvalue weighted by atomic mass is 16.7. The number of Topliss-reactive ketones (excluding diaryl/α,β-unsaturated/α-hetero) is 1. The van der Waals surface area contributed by atoms with E-state index in [0.717, 1.165) is 67.4 Å². The fourth-order valence-corrected chi connectivity index (χ4v) is 5.58. The molecule has 3 aromatic rings. The zero-order chi connectivity index (χ0) is 28.8. The summed E-state index contributed by atoms with van der Waals surface area (Å²) in [6.45, 7) is 3.75. The van der Waals surface area contributed by atoms with Gasteiger partial charge in [-0.3, -0.25) is 9.59 Å². The van der Waals surface area contributed by atoms with Crippen LogP contribution in [0.1, 0.15) is 76.6 Å². The number of amides is 1. The predicted octanol–water partition coefficient (Wildman–Crippen LogP) is 4.96. The molecule has 5 rings (SSSR count). The first-order valence-corrected chi connectivity index (χ1v) is 14.6. The number of carbonyl (C=O) groups is 2. The van der Waals surface area contributed by atoms with E-state index < -0.39 is 0 Å². The average Bonchev–Trinajstić information content (AvgIpc) is 3.65. The quantitative estimate of drug-likeness (QED) is 0.300. The summed E-state index contributed by atoms with van der Waals surface area (Å²) in [6, 6.07) is 9.56. The molecule has 2 N–H and O–H groups in total. The maximum Gasteiger partial charge on any atom is 0.269 e. The minimum Gasteiger partial charge on any atom is -0.480 e. The standard InChI is InChI=1S/C31H40N6O4/c1-4-22(38)11-6-5-7-13-25(34-29(39)26-19-31(41-36-26)14-16-37(2)17-15-31)28-32-20-27(33-28)23-18-21-10-8-9-12-24(21)35-30(23)40-3/h8-10,12,18,20,25H,4-7,11,13-17,19H2,1-3H3,(H,32,33)(H,34,39). The Morgan fingerprint density at radius 3 is 2.78 bits per heavy atom. The number of benzene rings is 1. The Hall–Kier alpha value is -3.79. The number of likely N-dealkylation sites (tertiary alicyclic amines) is 1. The lowest BCUT2D eigenvalue weighted by Crippen LogP contribution is -2.44. The van der Waals surface area contributed by atoms with Crippen molar-refractivity contribution in [2.45, 2.75) is 76.4 Å². The Morgan fingerprint density at radius 2 is 2.00 bits per heavy atom. The summed E-state index contributed by atoms with van der Waals surface area (Å²) in [6.07, 6.45) is 8.41. The van der Waals surface area contributed by atoms with Crippen LogP contribution in [-0.2, 0) is 14.4 Å². The number of unbranched alkanes of at least 4 members (excludes halogenated alkanes) is 2. The molecule has 1 aromatic carbocycles. The molecule has 0 aliphatic carbocycles. The van der Waals surface area contributed by atoms with E-state index in [1.54, 1.807) is 13.3 Å². The van der Waals surface area contributed by atoms with Crippen LogP contribution in [0, 0.1) is 0 Å². The minimum atomic E-state index is -0.377. The van der Waals surface area contributed by atoms with E-state index in [1.807, 2.05) is 37.3 Å². The third kappa shape index (κ3) is 6.75. The fourth-order valence-electron chi connectivity index (χ4n) is 5.58. The van der Waals surface area contributed by atoms with Crippen molar-refractivity contribution in [3.05, 3.63) is 42.4 Å². The molecule has 0 saturated carbocycles. The maximum atomic E-state index is 13.4. The normalized spacial score (nSPS) is 17.3. The summed E-state index contributed by atoms with van der Waals surface area (Å²) in [5.41, 5.74) is 2.46. The van der Waals surface area contributed by atoms with Crippen molar-refractivity contribution >= 4 is 28.3 Å². The molecule has 10 nitrogen and oxygen atoms in total. The number of nitrogens with one attached hydrogen (secondary N) is 2. The van der Waals surface area contributed by atoms with Gasteiger partial charge < -0.3 is 24.8 Å². The molecule has 1 saturated heterocycles. The van der Waals surface area contributed by atoms with Crippen LogP contribution < -0.4 is 10.1 Å². The van der Waals surface area contributed by atoms with Gasteiger partial charge in [-0.2, -0.15) is 0 Å². The number of pyridine rings is 1. The van der Waals surface area contributed by atoms with Gasteiger partial charge in [0.15, 0.2) is 0 Å². The molecule has 218 valence electrons. The van der Waals surface area contributed by atoms with Gasteiger partial charge in [-0.05, 0) is 32.0 Å². The SMILES string of the molecule is CCC(=O)CCCCCC(NC(=O)C1=NOC2(CCN(C)CC2)C1)c1ncc(-c2cc3ccccc3nc2OC)[nH]1. The second-order valence-corrected chi connectivity index (χ2v) is 11.2. The molecule has 10 heteroatoms. The molecular formula is C31H40N6O4. The van der Waals surface area contributed by atoms with Gasteiger partial charge in [0, 0.05) is 50.6 Å². The van der Waals surface area contributed by atoms with E-state index in [0.29, 0.717) is 43.1 Å². The maximum absolute atomic E-state index is 13.4. The minimum absolute atomic E-state index is 0.227. The third-order valence-electron chi connectivity index (χ3n) is 8.25. The number of rotatable bonds is 12. The lowest BCUT2D eigenvalue weighted by Gasteiger charge is -2.35. The number of imidazole rings is 1. The molecule has 2 aliphatic rings. The second kappa shape index (κ2) is 12.8. The molecule has 0 radical (unpaired) electrons. The molecule has 2 aliphatic heterocycles. The summed E-state index contributed by atoms with van der Waals surface area (Å²) < 4.78 is 5.60. The molecular weight excluding hydrogens is 520 g/mol. The number of carbonyl (C=O) groups excluding carboxylic acids is 2. The molecule has 1 spiro atoms. The summed E-state index contributed by atoms with van der Waals surface area (Å²) in [5, 5.41) is 8.39. The molecule has 41 heavy (non-hydrogen) atoms. The van der Waals surface area contributed by atoms with Gasteiger partial charge >= 0.3 is 0 Å². The summed E-state index contributed by atoms with van der Waals surface area (Å²) in [4.78, 5) is 46.0. The van der Waals surface area contributed by atoms with Gasteiger partial charge in [-0.25, -0.2) is 9.97 Å². The van der Waals surface area contributed by atoms with Crippen LogP contribution in [0.3, 0.4) is 0 Å². The molecule has 1 unspecified atom stereocenters. The van der Waals surface area contributed by atoms with E-state index >= 15 is 0 Å². The number of ether oxygens (including phenoxy) is 1. The third-order valence-corrected chi connectivity index (χ3v) is 8.25. The topological polar surface area (TPSA) is 122 Å². The number of aromatic nitrogens is 3. The lowest BCUT2D eigenvalue weighted by atomic mass is 9.87. The molecule has 2 aromatic heterocycles. The van der Waals surface area contributed by atoms with Gasteiger partial charge in [-0.15, -0.1) is 0 Å². The first kappa shape index (κ1) is 28.7. The van der Waals surface area contributed by atoms with Crippen molar-refractivity contribution in [2.24, 2.45) is 5.16 Å². The van der Waals surface area contributed by atoms with Crippen molar-refractivity contribution in [1.29, 1.82) is 0 Å². The number of aromatic amines is 1. The number of hydrogen-bond acceptors (Lipinski definition) is 8. The summed E-state index contributed by atoms with van der Waals surface area (Å²) in [7, 11) is 3.70. The number of ketones is 1. The van der Waals surface area contributed by atoms with Crippen molar-refractivity contribution < 1.29 is 19.2 Å². The molecule has 1 fully saturated rings. The average molecular weight is 561 g/mol. The van der Waals surface area contributed by atoms with Crippen molar-refractivity contribution in [1.82, 2.24) is 25.2 Å². The van der Waals surface area contributed by atoms with Crippen LogP contribution in [0.25, 0.3) is 22.2 Å². The molecule has 4 heterocycles. The largest absolute Gasteiger partial charge is 0.480 e. The zero-order valence-corrected chi connectivity index (χ0v) is 24.2. The first-order valence-electron chi connectivity index (χ1n) is 14.6. The van der Waals surface area contributed by atoms with Crippen LogP contribution in [0.15, 0.2) is 41.7 Å². The first-order chi connectivity index (χ1) is 19.9. The van der Waals surface area contributed by atoms with E-state index in [4.69, 9.17) is 9.57 Å². The zero-order valence-electron chi connectivity index (χ0n) is 24.2. The Bertz CT molecular complexity index is 1410. The Balaban J connectivity index is 1.32. The Labute approximate surface area is 240 Å². The van der Waals surface area contributed by atoms with Crippen LogP contribution in [0.2, 0.25) is 0 Å². The highest BCUT2D eigenvalue weighted by Gasteiger charge is 2.43. The number of hydrogen-bond donors (Lipinski definition) is 2. The predicted molar refractivity (Wildman–Crippen MR) is 158 cm³/mol. The lowest BCUT2D eigenvalue weighted by molar-refractivity contribution is -0.119. The number of methoxy groups -OCH3 is 1. The molecule has 1 amide bonds. The van der Waals surface area contributed by atoms with Gasteiger partial charge in [0.05, 0.1) is 36.1 Å². The van der Waals surface area contributed by atoms with Crippen molar-refractivity contribution in [3.8, 4) is 17.1 Å². The monoisotopic (exact) mass is 560 g/mol. The highest BCUT2D eigenvalue weighted by Crippen LogP contribution is 2.35. The Kier molecular flexibility index (Phi) is 8.97. The number of para-hydroxylation sites is 1. The van der Waals surface area contributed by atoms with Crippen LogP contribution >= 0.6 is 0 Å². The number of nitrogens with zero attached hydrogens (tertiary/aromatic N) is 4. The molecule has 0 bridgehead atoms. The van der Waals surface area contributed by atoms with Crippen LogP contribution in [0.4, 0.5) is 0 Å². The van der Waals surface area contributed by atoms with Crippen molar-refractivity contribution in [2.75, 3.05) is 27.2 Å². The van der Waals surface area contributed by atoms with E-state index in [9.17, 15) is 9.59 Å². The summed E-state index contributed by atoms with van der Waals surface area (Å²) >= 11 is 0. The molecule has 1 atom stereocenters. The Morgan fingerprint density at radius 1 is 1.20 bits per heavy atom. The van der Waals surface area contributed by atoms with Gasteiger partial charge in [-0.1, -0.05) is 43.1 Å². The van der Waals surface area contributed by atoms with E-state index in [2.05, 4.69) is 37.4 Å². The van der Waals surface area contributed by atoms with Crippen LogP contribution in [-0.4, -0.2) is 70.1 Å². The van der Waals surface area contributed by atoms with E-state index in [-0.39, 0.29) is 23.3 Å². The van der Waals surface area contributed by atoms with Gasteiger partial charge in [0.25, 0.3) is 5.91 Å².